The number of thioether (sulfide) groups is 1. The average Bonchev–Trinajstić information content (AvgIpc) is 2.48. The van der Waals surface area contributed by atoms with Gasteiger partial charge < -0.3 is 15.5 Å². The minimum absolute atomic E-state index is 0.0668. The van der Waals surface area contributed by atoms with Crippen LogP contribution in [0, 0.1) is 0 Å². The maximum Gasteiger partial charge on any atom is 0.254 e. The number of fused-ring (bicyclic) bond motifs is 1. The summed E-state index contributed by atoms with van der Waals surface area (Å²) < 4.78 is 0. The van der Waals surface area contributed by atoms with Gasteiger partial charge in [-0.3, -0.25) is 14.4 Å². The number of hydrogen-bond donors (Lipinski definition) is 2. The molecule has 0 aliphatic carbocycles. The molecule has 1 fully saturated rings. The molecule has 1 aromatic carbocycles. The molecule has 1 unspecified atom stereocenters. The molecule has 21 heavy (non-hydrogen) atoms. The van der Waals surface area contributed by atoms with Crippen molar-refractivity contribution in [3.8, 4) is 0 Å². The van der Waals surface area contributed by atoms with Crippen LogP contribution >= 0.6 is 11.8 Å². The first-order valence-electron chi connectivity index (χ1n) is 6.71. The van der Waals surface area contributed by atoms with Crippen molar-refractivity contribution in [1.82, 2.24) is 10.2 Å². The number of rotatable bonds is 1. The fourth-order valence-corrected chi connectivity index (χ4v) is 3.23. The molecule has 0 bridgehead atoms. The molecule has 110 valence electrons. The maximum atomic E-state index is 12.5. The van der Waals surface area contributed by atoms with Crippen LogP contribution in [0.2, 0.25) is 0 Å². The van der Waals surface area contributed by atoms with Crippen LogP contribution in [0.4, 0.5) is 5.69 Å². The van der Waals surface area contributed by atoms with Crippen molar-refractivity contribution >= 4 is 35.2 Å². The van der Waals surface area contributed by atoms with Gasteiger partial charge in [0, 0.05) is 23.5 Å². The summed E-state index contributed by atoms with van der Waals surface area (Å²) in [6.45, 7) is 2.67. The molecule has 2 heterocycles. The van der Waals surface area contributed by atoms with Crippen LogP contribution in [0.3, 0.4) is 0 Å². The zero-order valence-electron chi connectivity index (χ0n) is 11.5. The van der Waals surface area contributed by atoms with Crippen molar-refractivity contribution in [2.45, 2.75) is 17.9 Å². The van der Waals surface area contributed by atoms with Gasteiger partial charge in [0.1, 0.15) is 6.04 Å². The normalized spacial score (nSPS) is 21.4. The van der Waals surface area contributed by atoms with Crippen LogP contribution < -0.4 is 10.6 Å². The van der Waals surface area contributed by atoms with Gasteiger partial charge in [0.2, 0.25) is 11.8 Å². The van der Waals surface area contributed by atoms with E-state index in [9.17, 15) is 14.4 Å². The number of carbonyl (C=O) groups excluding carboxylic acids is 3. The first kappa shape index (κ1) is 13.9. The minimum Gasteiger partial charge on any atom is -0.353 e. The molecule has 1 saturated heterocycles. The largest absolute Gasteiger partial charge is 0.353 e. The zero-order valence-corrected chi connectivity index (χ0v) is 12.3. The molecule has 2 aliphatic heterocycles. The van der Waals surface area contributed by atoms with Gasteiger partial charge in [0.05, 0.1) is 11.4 Å². The Bertz CT molecular complexity index is 632. The highest BCUT2D eigenvalue weighted by Gasteiger charge is 2.30. The summed E-state index contributed by atoms with van der Waals surface area (Å²) >= 11 is 1.45. The van der Waals surface area contributed by atoms with E-state index >= 15 is 0 Å². The van der Waals surface area contributed by atoms with Gasteiger partial charge in [0.15, 0.2) is 0 Å². The Morgan fingerprint density at radius 2 is 2.19 bits per heavy atom. The van der Waals surface area contributed by atoms with E-state index in [0.29, 0.717) is 30.1 Å². The van der Waals surface area contributed by atoms with E-state index in [2.05, 4.69) is 10.6 Å². The summed E-state index contributed by atoms with van der Waals surface area (Å²) in [5.74, 6) is -0.00640. The molecule has 0 spiro atoms. The third kappa shape index (κ3) is 2.61. The zero-order chi connectivity index (χ0) is 15.0. The summed E-state index contributed by atoms with van der Waals surface area (Å²) in [5, 5.41) is 5.50. The van der Waals surface area contributed by atoms with Gasteiger partial charge in [-0.05, 0) is 25.1 Å². The van der Waals surface area contributed by atoms with Gasteiger partial charge in [-0.25, -0.2) is 0 Å². The molecular formula is C14H15N3O3S. The van der Waals surface area contributed by atoms with Gasteiger partial charge in [-0.2, -0.15) is 0 Å². The minimum atomic E-state index is -0.480. The Labute approximate surface area is 126 Å². The number of carbonyl (C=O) groups is 3. The summed E-state index contributed by atoms with van der Waals surface area (Å²) in [7, 11) is 0. The number of amides is 3. The predicted octanol–water partition coefficient (Wildman–Crippen LogP) is 0.691. The van der Waals surface area contributed by atoms with Gasteiger partial charge in [-0.15, -0.1) is 11.8 Å². The Morgan fingerprint density at radius 1 is 1.38 bits per heavy atom. The van der Waals surface area contributed by atoms with E-state index in [0.717, 1.165) is 4.90 Å². The number of nitrogens with zero attached hydrogens (tertiary/aromatic N) is 1. The molecule has 3 rings (SSSR count). The highest BCUT2D eigenvalue weighted by molar-refractivity contribution is 8.00. The van der Waals surface area contributed by atoms with Crippen molar-refractivity contribution in [2.75, 3.05) is 24.2 Å². The van der Waals surface area contributed by atoms with E-state index in [4.69, 9.17) is 0 Å². The van der Waals surface area contributed by atoms with Crippen LogP contribution in [0.25, 0.3) is 0 Å². The van der Waals surface area contributed by atoms with Crippen molar-refractivity contribution < 1.29 is 14.4 Å². The van der Waals surface area contributed by atoms with Crippen LogP contribution in [-0.4, -0.2) is 47.5 Å². The third-order valence-corrected chi connectivity index (χ3v) is 4.69. The second-order valence-electron chi connectivity index (χ2n) is 5.01. The molecule has 2 aliphatic rings. The maximum absolute atomic E-state index is 12.5. The molecule has 0 aromatic heterocycles. The fourth-order valence-electron chi connectivity index (χ4n) is 2.44. The Hall–Kier alpha value is -2.02. The lowest BCUT2D eigenvalue weighted by atomic mass is 10.1. The summed E-state index contributed by atoms with van der Waals surface area (Å²) in [4.78, 5) is 38.1. The Morgan fingerprint density at radius 3 is 3.00 bits per heavy atom. The van der Waals surface area contributed by atoms with Crippen LogP contribution in [0.1, 0.15) is 17.3 Å². The number of hydrogen-bond acceptors (Lipinski definition) is 4. The third-order valence-electron chi connectivity index (χ3n) is 3.62. The SMILES string of the molecule is CC1C(=O)NCCN1C(=O)c1ccc2c(c1)NC(=O)CS2. The standard InChI is InChI=1S/C14H15N3O3S/c1-8-13(19)15-4-5-17(8)14(20)9-2-3-11-10(6-9)16-12(18)7-21-11/h2-3,6,8H,4-5,7H2,1H3,(H,15,19)(H,16,18). The second kappa shape index (κ2) is 5.40. The van der Waals surface area contributed by atoms with E-state index in [1.807, 2.05) is 6.07 Å². The van der Waals surface area contributed by atoms with Gasteiger partial charge in [-0.1, -0.05) is 0 Å². The highest BCUT2D eigenvalue weighted by atomic mass is 32.2. The first-order valence-corrected chi connectivity index (χ1v) is 7.70. The molecule has 0 radical (unpaired) electrons. The van der Waals surface area contributed by atoms with E-state index in [-0.39, 0.29) is 17.7 Å². The van der Waals surface area contributed by atoms with Crippen molar-refractivity contribution in [3.63, 3.8) is 0 Å². The molecule has 1 atom stereocenters. The molecule has 1 aromatic rings. The van der Waals surface area contributed by atoms with E-state index in [1.54, 1.807) is 24.0 Å². The highest BCUT2D eigenvalue weighted by Crippen LogP contribution is 2.32. The predicted molar refractivity (Wildman–Crippen MR) is 79.3 cm³/mol. The molecular weight excluding hydrogens is 290 g/mol. The topological polar surface area (TPSA) is 78.5 Å². The molecule has 2 N–H and O–H groups in total. The summed E-state index contributed by atoms with van der Waals surface area (Å²) in [6.07, 6.45) is 0. The number of nitrogens with one attached hydrogen (secondary N) is 2. The van der Waals surface area contributed by atoms with Crippen molar-refractivity contribution in [1.29, 1.82) is 0 Å². The quantitative estimate of drug-likeness (QED) is 0.800. The second-order valence-corrected chi connectivity index (χ2v) is 6.03. The smallest absolute Gasteiger partial charge is 0.254 e. The Kier molecular flexibility index (Phi) is 3.59. The van der Waals surface area contributed by atoms with E-state index in [1.165, 1.54) is 11.8 Å². The molecule has 0 saturated carbocycles. The lowest BCUT2D eigenvalue weighted by Gasteiger charge is -2.33. The molecule has 3 amide bonds. The summed E-state index contributed by atoms with van der Waals surface area (Å²) in [6, 6.07) is 4.78. The van der Waals surface area contributed by atoms with Crippen LogP contribution in [0.5, 0.6) is 0 Å². The van der Waals surface area contributed by atoms with Gasteiger partial charge >= 0.3 is 0 Å². The number of piperazine rings is 1. The lowest BCUT2D eigenvalue weighted by molar-refractivity contribution is -0.127. The van der Waals surface area contributed by atoms with E-state index < -0.39 is 6.04 Å². The molecule has 7 heteroatoms. The fraction of sp³-hybridized carbons (Fsp3) is 0.357. The summed E-state index contributed by atoms with van der Waals surface area (Å²) in [5.41, 5.74) is 1.15. The number of anilines is 1. The monoisotopic (exact) mass is 305 g/mol. The van der Waals surface area contributed by atoms with Crippen LogP contribution in [0.15, 0.2) is 23.1 Å². The lowest BCUT2D eigenvalue weighted by Crippen LogP contribution is -2.55. The Balaban J connectivity index is 1.86. The van der Waals surface area contributed by atoms with Crippen molar-refractivity contribution in [2.24, 2.45) is 0 Å². The van der Waals surface area contributed by atoms with Crippen molar-refractivity contribution in [3.05, 3.63) is 23.8 Å². The van der Waals surface area contributed by atoms with Crippen LogP contribution in [-0.2, 0) is 9.59 Å². The number of benzene rings is 1. The first-order chi connectivity index (χ1) is 10.1. The average molecular weight is 305 g/mol. The van der Waals surface area contributed by atoms with Gasteiger partial charge in [0.25, 0.3) is 5.91 Å². The molecule has 6 nitrogen and oxygen atoms in total.